The van der Waals surface area contributed by atoms with Crippen LogP contribution in [-0.4, -0.2) is 30.4 Å². The van der Waals surface area contributed by atoms with Gasteiger partial charge in [-0.15, -0.1) is 0 Å². The van der Waals surface area contributed by atoms with E-state index in [0.717, 1.165) is 0 Å². The summed E-state index contributed by atoms with van der Waals surface area (Å²) in [5.74, 6) is -0.677. The molecule has 0 spiro atoms. The van der Waals surface area contributed by atoms with E-state index in [1.807, 2.05) is 0 Å². The molecule has 0 aliphatic heterocycles. The SMILES string of the molecule is COc1cc(CO)cc(C(=O)O)c1OC. The van der Waals surface area contributed by atoms with Gasteiger partial charge in [0, 0.05) is 0 Å². The van der Waals surface area contributed by atoms with Crippen molar-refractivity contribution in [3.05, 3.63) is 23.3 Å². The summed E-state index contributed by atoms with van der Waals surface area (Å²) >= 11 is 0. The summed E-state index contributed by atoms with van der Waals surface area (Å²) < 4.78 is 9.91. The first kappa shape index (κ1) is 11.3. The van der Waals surface area contributed by atoms with Crippen LogP contribution in [0.25, 0.3) is 0 Å². The fourth-order valence-corrected chi connectivity index (χ4v) is 1.27. The largest absolute Gasteiger partial charge is 0.493 e. The Morgan fingerprint density at radius 1 is 1.33 bits per heavy atom. The van der Waals surface area contributed by atoms with Gasteiger partial charge in [0.2, 0.25) is 0 Å². The summed E-state index contributed by atoms with van der Waals surface area (Å²) in [6.07, 6.45) is 0. The Morgan fingerprint density at radius 3 is 2.40 bits per heavy atom. The van der Waals surface area contributed by atoms with Crippen LogP contribution in [0.4, 0.5) is 0 Å². The van der Waals surface area contributed by atoms with Gasteiger partial charge in [0.1, 0.15) is 5.56 Å². The minimum absolute atomic E-state index is 0.0269. The number of aromatic carboxylic acids is 1. The number of hydrogen-bond donors (Lipinski definition) is 2. The van der Waals surface area contributed by atoms with E-state index in [9.17, 15) is 4.79 Å². The quantitative estimate of drug-likeness (QED) is 0.775. The number of aliphatic hydroxyl groups is 1. The van der Waals surface area contributed by atoms with Crippen LogP contribution in [0.2, 0.25) is 0 Å². The van der Waals surface area contributed by atoms with Crippen molar-refractivity contribution in [2.24, 2.45) is 0 Å². The topological polar surface area (TPSA) is 76.0 Å². The number of carboxylic acid groups (broad SMARTS) is 1. The number of hydrogen-bond acceptors (Lipinski definition) is 4. The average molecular weight is 212 g/mol. The summed E-state index contributed by atoms with van der Waals surface area (Å²) in [6, 6.07) is 2.88. The second kappa shape index (κ2) is 4.65. The molecule has 5 heteroatoms. The van der Waals surface area contributed by atoms with Gasteiger partial charge >= 0.3 is 5.97 Å². The minimum atomic E-state index is -1.12. The maximum atomic E-state index is 10.9. The highest BCUT2D eigenvalue weighted by Crippen LogP contribution is 2.32. The molecule has 0 amide bonds. The molecule has 0 saturated heterocycles. The van der Waals surface area contributed by atoms with E-state index in [2.05, 4.69) is 0 Å². The van der Waals surface area contributed by atoms with Crippen molar-refractivity contribution >= 4 is 5.97 Å². The van der Waals surface area contributed by atoms with E-state index in [4.69, 9.17) is 19.7 Å². The van der Waals surface area contributed by atoms with Gasteiger partial charge < -0.3 is 19.7 Å². The van der Waals surface area contributed by atoms with Crippen molar-refractivity contribution in [2.45, 2.75) is 6.61 Å². The van der Waals surface area contributed by atoms with E-state index >= 15 is 0 Å². The molecule has 0 aliphatic carbocycles. The lowest BCUT2D eigenvalue weighted by Crippen LogP contribution is -2.04. The van der Waals surface area contributed by atoms with Crippen molar-refractivity contribution < 1.29 is 24.5 Å². The third kappa shape index (κ3) is 2.19. The number of rotatable bonds is 4. The maximum Gasteiger partial charge on any atom is 0.339 e. The summed E-state index contributed by atoms with van der Waals surface area (Å²) in [4.78, 5) is 10.9. The van der Waals surface area contributed by atoms with Crippen LogP contribution in [0, 0.1) is 0 Å². The Kier molecular flexibility index (Phi) is 3.51. The minimum Gasteiger partial charge on any atom is -0.493 e. The maximum absolute atomic E-state index is 10.9. The van der Waals surface area contributed by atoms with E-state index in [1.165, 1.54) is 26.4 Å². The van der Waals surface area contributed by atoms with Crippen LogP contribution in [-0.2, 0) is 6.61 Å². The van der Waals surface area contributed by atoms with E-state index in [1.54, 1.807) is 0 Å². The zero-order valence-corrected chi connectivity index (χ0v) is 8.48. The summed E-state index contributed by atoms with van der Waals surface area (Å²) in [7, 11) is 2.77. The van der Waals surface area contributed by atoms with Crippen LogP contribution in [0.15, 0.2) is 12.1 Å². The molecule has 0 atom stereocenters. The van der Waals surface area contributed by atoms with Gasteiger partial charge in [0.25, 0.3) is 0 Å². The molecule has 0 unspecified atom stereocenters. The molecule has 1 aromatic rings. The Labute approximate surface area is 86.9 Å². The first-order valence-electron chi connectivity index (χ1n) is 4.23. The number of ether oxygens (including phenoxy) is 2. The van der Waals surface area contributed by atoms with Crippen molar-refractivity contribution in [3.8, 4) is 11.5 Å². The van der Waals surface area contributed by atoms with Crippen molar-refractivity contribution in [3.63, 3.8) is 0 Å². The molecule has 15 heavy (non-hydrogen) atoms. The molecule has 0 aliphatic rings. The van der Waals surface area contributed by atoms with Crippen LogP contribution in [0.1, 0.15) is 15.9 Å². The van der Waals surface area contributed by atoms with Crippen molar-refractivity contribution in [1.29, 1.82) is 0 Å². The van der Waals surface area contributed by atoms with Crippen LogP contribution in [0.3, 0.4) is 0 Å². The van der Waals surface area contributed by atoms with Crippen LogP contribution in [0.5, 0.6) is 11.5 Å². The summed E-state index contributed by atoms with van der Waals surface area (Å²) in [6.45, 7) is -0.249. The van der Waals surface area contributed by atoms with Crippen LogP contribution >= 0.6 is 0 Å². The molecule has 1 aromatic carbocycles. The van der Waals surface area contributed by atoms with E-state index in [-0.39, 0.29) is 17.9 Å². The highest BCUT2D eigenvalue weighted by Gasteiger charge is 2.17. The lowest BCUT2D eigenvalue weighted by molar-refractivity contribution is 0.0692. The molecule has 0 fully saturated rings. The van der Waals surface area contributed by atoms with Crippen molar-refractivity contribution in [1.82, 2.24) is 0 Å². The number of benzene rings is 1. The van der Waals surface area contributed by atoms with Gasteiger partial charge in [-0.25, -0.2) is 4.79 Å². The first-order chi connectivity index (χ1) is 7.13. The van der Waals surface area contributed by atoms with Crippen molar-refractivity contribution in [2.75, 3.05) is 14.2 Å². The van der Waals surface area contributed by atoms with Gasteiger partial charge in [-0.3, -0.25) is 0 Å². The number of aliphatic hydroxyl groups excluding tert-OH is 1. The third-order valence-corrected chi connectivity index (χ3v) is 1.95. The molecule has 5 nitrogen and oxygen atoms in total. The number of methoxy groups -OCH3 is 2. The summed E-state index contributed by atoms with van der Waals surface area (Å²) in [5.41, 5.74) is 0.436. The van der Waals surface area contributed by atoms with E-state index < -0.39 is 5.97 Å². The molecule has 0 heterocycles. The Hall–Kier alpha value is -1.75. The van der Waals surface area contributed by atoms with Gasteiger partial charge in [-0.05, 0) is 17.7 Å². The molecule has 2 N–H and O–H groups in total. The Morgan fingerprint density at radius 2 is 2.00 bits per heavy atom. The zero-order valence-electron chi connectivity index (χ0n) is 8.48. The second-order valence-electron chi connectivity index (χ2n) is 2.84. The molecular formula is C10H12O5. The lowest BCUT2D eigenvalue weighted by Gasteiger charge is -2.11. The van der Waals surface area contributed by atoms with Gasteiger partial charge in [0.15, 0.2) is 11.5 Å². The van der Waals surface area contributed by atoms with Gasteiger partial charge in [0.05, 0.1) is 20.8 Å². The molecule has 0 saturated carbocycles. The molecule has 0 aromatic heterocycles. The average Bonchev–Trinajstić information content (AvgIpc) is 2.26. The lowest BCUT2D eigenvalue weighted by atomic mass is 10.1. The summed E-state index contributed by atoms with van der Waals surface area (Å²) in [5, 5.41) is 17.9. The number of carboxylic acids is 1. The predicted molar refractivity (Wildman–Crippen MR) is 52.4 cm³/mol. The normalized spacial score (nSPS) is 9.80. The molecule has 82 valence electrons. The first-order valence-corrected chi connectivity index (χ1v) is 4.23. The van der Waals surface area contributed by atoms with Crippen LogP contribution < -0.4 is 9.47 Å². The standard InChI is InChI=1S/C10H12O5/c1-14-8-4-6(5-11)3-7(10(12)13)9(8)15-2/h3-4,11H,5H2,1-2H3,(H,12,13). The fourth-order valence-electron chi connectivity index (χ4n) is 1.27. The monoisotopic (exact) mass is 212 g/mol. The van der Waals surface area contributed by atoms with Gasteiger partial charge in [-0.1, -0.05) is 0 Å². The van der Waals surface area contributed by atoms with Gasteiger partial charge in [-0.2, -0.15) is 0 Å². The highest BCUT2D eigenvalue weighted by molar-refractivity contribution is 5.92. The molecule has 0 bridgehead atoms. The zero-order chi connectivity index (χ0) is 11.4. The van der Waals surface area contributed by atoms with E-state index in [0.29, 0.717) is 11.3 Å². The fraction of sp³-hybridized carbons (Fsp3) is 0.300. The molecular weight excluding hydrogens is 200 g/mol. The highest BCUT2D eigenvalue weighted by atomic mass is 16.5. The molecule has 0 radical (unpaired) electrons. The molecule has 1 rings (SSSR count). The predicted octanol–water partition coefficient (Wildman–Crippen LogP) is 0.894. The smallest absolute Gasteiger partial charge is 0.339 e. The second-order valence-corrected chi connectivity index (χ2v) is 2.84. The third-order valence-electron chi connectivity index (χ3n) is 1.95. The Balaban J connectivity index is 3.39. The number of carbonyl (C=O) groups is 1. The Bertz CT molecular complexity index is 372.